The molecule has 6 heteroatoms. The smallest absolute Gasteiger partial charge is 0.256 e. The van der Waals surface area contributed by atoms with Gasteiger partial charge in [-0.3, -0.25) is 9.36 Å². The molecule has 1 atom stereocenters. The van der Waals surface area contributed by atoms with Gasteiger partial charge in [-0.25, -0.2) is 9.67 Å². The maximum Gasteiger partial charge on any atom is 0.256 e. The van der Waals surface area contributed by atoms with Crippen molar-refractivity contribution in [1.82, 2.24) is 19.3 Å². The number of hydrogen-bond acceptors (Lipinski definition) is 3. The lowest BCUT2D eigenvalue weighted by Crippen LogP contribution is -2.18. The molecule has 4 aromatic rings. The number of imidazole rings is 1. The molecule has 1 aliphatic carbocycles. The molecular weight excluding hydrogens is 362 g/mol. The minimum Gasteiger partial charge on any atom is -0.307 e. The second-order valence-electron chi connectivity index (χ2n) is 7.73. The number of nitrogens with one attached hydrogen (secondary N) is 1. The van der Waals surface area contributed by atoms with Crippen molar-refractivity contribution in [1.29, 1.82) is 0 Å². The van der Waals surface area contributed by atoms with Crippen LogP contribution in [-0.2, 0) is 0 Å². The van der Waals surface area contributed by atoms with E-state index in [4.69, 9.17) is 0 Å². The molecular formula is C23H23N5O. The van der Waals surface area contributed by atoms with E-state index in [2.05, 4.69) is 39.0 Å². The first-order valence-electron chi connectivity index (χ1n) is 10.0. The fourth-order valence-corrected chi connectivity index (χ4v) is 3.95. The zero-order chi connectivity index (χ0) is 20.0. The molecule has 1 N–H and O–H groups in total. The van der Waals surface area contributed by atoms with E-state index in [-0.39, 0.29) is 5.91 Å². The monoisotopic (exact) mass is 385 g/mol. The van der Waals surface area contributed by atoms with Crippen molar-refractivity contribution in [2.75, 3.05) is 5.32 Å². The number of aromatic nitrogens is 4. The Bertz CT molecular complexity index is 1190. The highest BCUT2D eigenvalue weighted by atomic mass is 16.1. The number of aryl methyl sites for hydroxylation is 1. The van der Waals surface area contributed by atoms with Crippen LogP contribution in [0.3, 0.4) is 0 Å². The summed E-state index contributed by atoms with van der Waals surface area (Å²) >= 11 is 0. The van der Waals surface area contributed by atoms with Crippen molar-refractivity contribution in [3.63, 3.8) is 0 Å². The second-order valence-corrected chi connectivity index (χ2v) is 7.73. The molecule has 5 rings (SSSR count). The Balaban J connectivity index is 1.44. The second kappa shape index (κ2) is 6.88. The van der Waals surface area contributed by atoms with Crippen molar-refractivity contribution in [3.8, 4) is 5.69 Å². The lowest BCUT2D eigenvalue weighted by atomic mass is 10.2. The molecule has 0 aliphatic heterocycles. The van der Waals surface area contributed by atoms with E-state index < -0.39 is 0 Å². The van der Waals surface area contributed by atoms with Crippen molar-refractivity contribution in [3.05, 3.63) is 72.2 Å². The summed E-state index contributed by atoms with van der Waals surface area (Å²) in [5.74, 6) is 2.14. The van der Waals surface area contributed by atoms with Gasteiger partial charge < -0.3 is 5.32 Å². The number of anilines is 1. The van der Waals surface area contributed by atoms with Gasteiger partial charge in [0.05, 0.1) is 23.3 Å². The number of carbonyl (C=O) groups excluding carboxylic acids is 1. The summed E-state index contributed by atoms with van der Waals surface area (Å²) in [6, 6.07) is 17.9. The molecule has 1 unspecified atom stereocenters. The van der Waals surface area contributed by atoms with Gasteiger partial charge in [-0.2, -0.15) is 5.10 Å². The van der Waals surface area contributed by atoms with Crippen molar-refractivity contribution in [2.24, 2.45) is 5.92 Å². The highest BCUT2D eigenvalue weighted by Gasteiger charge is 2.30. The molecule has 146 valence electrons. The third-order valence-corrected chi connectivity index (χ3v) is 5.70. The van der Waals surface area contributed by atoms with Crippen LogP contribution < -0.4 is 5.32 Å². The Morgan fingerprint density at radius 3 is 2.69 bits per heavy atom. The third-order valence-electron chi connectivity index (χ3n) is 5.70. The van der Waals surface area contributed by atoms with E-state index in [1.165, 1.54) is 12.8 Å². The average Bonchev–Trinajstić information content (AvgIpc) is 3.39. The van der Waals surface area contributed by atoms with Crippen LogP contribution in [0.25, 0.3) is 16.7 Å². The first kappa shape index (κ1) is 17.7. The maximum absolute atomic E-state index is 12.9. The number of para-hydroxylation sites is 1. The number of hydrogen-bond donors (Lipinski definition) is 1. The third kappa shape index (κ3) is 3.20. The molecule has 1 saturated carbocycles. The number of amides is 1. The molecule has 6 nitrogen and oxygen atoms in total. The molecule has 1 amide bonds. The largest absolute Gasteiger partial charge is 0.307 e. The summed E-state index contributed by atoms with van der Waals surface area (Å²) in [6.45, 7) is 4.13. The lowest BCUT2D eigenvalue weighted by molar-refractivity contribution is 0.102. The normalized spacial score (nSPS) is 14.8. The summed E-state index contributed by atoms with van der Waals surface area (Å²) in [4.78, 5) is 17.6. The summed E-state index contributed by atoms with van der Waals surface area (Å²) in [5, 5.41) is 7.42. The molecule has 2 aromatic carbocycles. The number of nitrogens with zero attached hydrogens (tertiary/aromatic N) is 4. The van der Waals surface area contributed by atoms with Crippen LogP contribution in [0.2, 0.25) is 0 Å². The van der Waals surface area contributed by atoms with Crippen molar-refractivity contribution in [2.45, 2.75) is 32.7 Å². The zero-order valence-electron chi connectivity index (χ0n) is 16.5. The SMILES string of the molecule is Cc1nc2cc(C(=O)Nc3ccnn3C(C)C3CC3)ccc2n1-c1ccccc1. The summed E-state index contributed by atoms with van der Waals surface area (Å²) in [5.41, 5.74) is 3.43. The fourth-order valence-electron chi connectivity index (χ4n) is 3.95. The fraction of sp³-hybridized carbons (Fsp3) is 0.261. The Morgan fingerprint density at radius 1 is 1.14 bits per heavy atom. The molecule has 1 aliphatic rings. The zero-order valence-corrected chi connectivity index (χ0v) is 16.5. The summed E-state index contributed by atoms with van der Waals surface area (Å²) in [6.07, 6.45) is 4.20. The van der Waals surface area contributed by atoms with E-state index in [0.717, 1.165) is 28.4 Å². The molecule has 0 bridgehead atoms. The number of benzene rings is 2. The topological polar surface area (TPSA) is 64.7 Å². The Hall–Kier alpha value is -3.41. The van der Waals surface area contributed by atoms with Crippen LogP contribution in [0.4, 0.5) is 5.82 Å². The Labute approximate surface area is 169 Å². The van der Waals surface area contributed by atoms with Gasteiger partial charge >= 0.3 is 0 Å². The van der Waals surface area contributed by atoms with E-state index >= 15 is 0 Å². The minimum atomic E-state index is -0.149. The highest BCUT2D eigenvalue weighted by molar-refractivity contribution is 6.05. The first-order valence-corrected chi connectivity index (χ1v) is 10.0. The van der Waals surface area contributed by atoms with Gasteiger partial charge in [-0.05, 0) is 62.9 Å². The quantitative estimate of drug-likeness (QED) is 0.539. The van der Waals surface area contributed by atoms with Crippen LogP contribution >= 0.6 is 0 Å². The van der Waals surface area contributed by atoms with E-state index in [1.807, 2.05) is 54.1 Å². The van der Waals surface area contributed by atoms with Crippen LogP contribution in [0.15, 0.2) is 60.8 Å². The van der Waals surface area contributed by atoms with Gasteiger partial charge in [0.2, 0.25) is 0 Å². The van der Waals surface area contributed by atoms with E-state index in [1.54, 1.807) is 6.20 Å². The van der Waals surface area contributed by atoms with E-state index in [0.29, 0.717) is 17.5 Å². The lowest BCUT2D eigenvalue weighted by Gasteiger charge is -2.15. The van der Waals surface area contributed by atoms with Crippen LogP contribution in [0.5, 0.6) is 0 Å². The standard InChI is InChI=1S/C23H23N5O/c1-15(17-8-9-17)28-22(12-13-24-28)26-23(29)18-10-11-21-20(14-18)25-16(2)27(21)19-6-4-3-5-7-19/h3-7,10-15,17H,8-9H2,1-2H3,(H,26,29). The van der Waals surface area contributed by atoms with E-state index in [9.17, 15) is 4.79 Å². The Morgan fingerprint density at radius 2 is 1.93 bits per heavy atom. The number of carbonyl (C=O) groups is 1. The van der Waals surface area contributed by atoms with Gasteiger partial charge in [0.1, 0.15) is 11.6 Å². The van der Waals surface area contributed by atoms with Crippen molar-refractivity contribution < 1.29 is 4.79 Å². The van der Waals surface area contributed by atoms with Crippen LogP contribution in [0.1, 0.15) is 42.0 Å². The molecule has 2 heterocycles. The molecule has 1 fully saturated rings. The van der Waals surface area contributed by atoms with Gasteiger partial charge in [-0.1, -0.05) is 18.2 Å². The van der Waals surface area contributed by atoms with Gasteiger partial charge in [0.25, 0.3) is 5.91 Å². The van der Waals surface area contributed by atoms with Gasteiger partial charge in [0, 0.05) is 17.3 Å². The summed E-state index contributed by atoms with van der Waals surface area (Å²) in [7, 11) is 0. The Kier molecular flexibility index (Phi) is 4.19. The highest BCUT2D eigenvalue weighted by Crippen LogP contribution is 2.40. The summed E-state index contributed by atoms with van der Waals surface area (Å²) < 4.78 is 4.02. The molecule has 0 spiro atoms. The molecule has 2 aromatic heterocycles. The maximum atomic E-state index is 12.9. The predicted molar refractivity (Wildman–Crippen MR) is 113 cm³/mol. The number of rotatable bonds is 5. The molecule has 0 saturated heterocycles. The molecule has 29 heavy (non-hydrogen) atoms. The minimum absolute atomic E-state index is 0.149. The van der Waals surface area contributed by atoms with Crippen molar-refractivity contribution >= 4 is 22.8 Å². The predicted octanol–water partition coefficient (Wildman–Crippen LogP) is 4.75. The van der Waals surface area contributed by atoms with Gasteiger partial charge in [-0.15, -0.1) is 0 Å². The number of fused-ring (bicyclic) bond motifs is 1. The molecule has 0 radical (unpaired) electrons. The van der Waals surface area contributed by atoms with Crippen LogP contribution in [-0.4, -0.2) is 25.2 Å². The van der Waals surface area contributed by atoms with Gasteiger partial charge in [0.15, 0.2) is 0 Å². The first-order chi connectivity index (χ1) is 14.1. The van der Waals surface area contributed by atoms with Crippen LogP contribution in [0, 0.1) is 12.8 Å². The average molecular weight is 385 g/mol.